The summed E-state index contributed by atoms with van der Waals surface area (Å²) in [6, 6.07) is 7.01. The van der Waals surface area contributed by atoms with Gasteiger partial charge in [-0.25, -0.2) is 9.89 Å². The van der Waals surface area contributed by atoms with Crippen molar-refractivity contribution in [3.8, 4) is 11.3 Å². The van der Waals surface area contributed by atoms with Crippen LogP contribution in [0.5, 0.6) is 0 Å². The minimum absolute atomic E-state index is 0.103. The van der Waals surface area contributed by atoms with Crippen molar-refractivity contribution in [2.24, 2.45) is 0 Å². The van der Waals surface area contributed by atoms with Gasteiger partial charge in [-0.15, -0.1) is 0 Å². The van der Waals surface area contributed by atoms with Crippen LogP contribution in [0.3, 0.4) is 0 Å². The summed E-state index contributed by atoms with van der Waals surface area (Å²) in [4.78, 5) is 26.4. The van der Waals surface area contributed by atoms with E-state index in [9.17, 15) is 9.59 Å². The Morgan fingerprint density at radius 3 is 3.00 bits per heavy atom. The predicted octanol–water partition coefficient (Wildman–Crippen LogP) is 1.18. The Labute approximate surface area is 105 Å². The van der Waals surface area contributed by atoms with E-state index in [1.54, 1.807) is 24.3 Å². The zero-order valence-corrected chi connectivity index (χ0v) is 9.54. The van der Waals surface area contributed by atoms with Crippen LogP contribution in [0, 0.1) is 0 Å². The second-order valence-corrected chi connectivity index (χ2v) is 3.94. The fraction of sp³-hybridized carbons (Fsp3) is 0.0833. The quantitative estimate of drug-likeness (QED) is 0.529. The fourth-order valence-corrected chi connectivity index (χ4v) is 2.00. The number of carbonyl (C=O) groups is 1. The van der Waals surface area contributed by atoms with E-state index in [1.807, 2.05) is 0 Å². The zero-order chi connectivity index (χ0) is 13.4. The molecule has 0 radical (unpaired) electrons. The first kappa shape index (κ1) is 11.4. The molecule has 2 N–H and O–H groups in total. The van der Waals surface area contributed by atoms with Crippen LogP contribution in [0.4, 0.5) is 0 Å². The van der Waals surface area contributed by atoms with Gasteiger partial charge >= 0.3 is 5.97 Å². The molecule has 0 fully saturated rings. The normalized spacial score (nSPS) is 11.0. The number of para-hydroxylation sites is 1. The molecule has 0 saturated carbocycles. The van der Waals surface area contributed by atoms with Crippen molar-refractivity contribution in [2.75, 3.05) is 0 Å². The third-order valence-electron chi connectivity index (χ3n) is 2.79. The second kappa shape index (κ2) is 4.21. The third-order valence-corrected chi connectivity index (χ3v) is 2.79. The van der Waals surface area contributed by atoms with Crippen LogP contribution in [0.15, 0.2) is 33.5 Å². The van der Waals surface area contributed by atoms with Crippen molar-refractivity contribution >= 4 is 16.9 Å². The van der Waals surface area contributed by atoms with Crippen LogP contribution in [-0.4, -0.2) is 21.4 Å². The molecule has 0 saturated heterocycles. The molecule has 2 aliphatic rings. The van der Waals surface area contributed by atoms with E-state index in [0.29, 0.717) is 16.7 Å². The van der Waals surface area contributed by atoms with Crippen LogP contribution in [0.1, 0.15) is 5.76 Å². The predicted molar refractivity (Wildman–Crippen MR) is 63.7 cm³/mol. The van der Waals surface area contributed by atoms with Gasteiger partial charge in [0.15, 0.2) is 0 Å². The molecule has 19 heavy (non-hydrogen) atoms. The van der Waals surface area contributed by atoms with Gasteiger partial charge in [0.05, 0.1) is 0 Å². The van der Waals surface area contributed by atoms with Crippen molar-refractivity contribution in [1.29, 1.82) is 0 Å². The van der Waals surface area contributed by atoms with E-state index >= 15 is 0 Å². The maximum atomic E-state index is 11.7. The van der Waals surface area contributed by atoms with Gasteiger partial charge in [-0.05, 0) is 12.1 Å². The van der Waals surface area contributed by atoms with Crippen molar-refractivity contribution in [2.45, 2.75) is 6.42 Å². The number of carbonyl (C=O) groups excluding carboxylic acids is 1. The number of nitrogens with one attached hydrogen (secondary N) is 1. The summed E-state index contributed by atoms with van der Waals surface area (Å²) in [5.74, 6) is -0.813. The molecule has 0 unspecified atom stereocenters. The number of H-pyrrole nitrogens is 1. The third kappa shape index (κ3) is 1.76. The molecule has 0 aliphatic carbocycles. The number of hydrogen-bond acceptors (Lipinski definition) is 6. The van der Waals surface area contributed by atoms with E-state index in [4.69, 9.17) is 9.67 Å². The molecule has 0 spiro atoms. The minimum atomic E-state index is -0.916. The molecule has 7 heteroatoms. The standard InChI is InChI=1S/C12H8N2O5/c15-9(19-17)5-8-10-11(13-14-12(10)16)6-3-1-2-4-7(6)18-8/h1-4,17H,5H2,(H,14,16). The molecule has 0 aromatic heterocycles. The summed E-state index contributed by atoms with van der Waals surface area (Å²) in [6.45, 7) is 0. The molecule has 0 bridgehead atoms. The van der Waals surface area contributed by atoms with Gasteiger partial charge in [0, 0.05) is 5.39 Å². The summed E-state index contributed by atoms with van der Waals surface area (Å²) in [5.41, 5.74) is 0.643. The van der Waals surface area contributed by atoms with Crippen LogP contribution < -0.4 is 5.56 Å². The lowest BCUT2D eigenvalue weighted by atomic mass is 10.1. The van der Waals surface area contributed by atoms with Crippen molar-refractivity contribution in [3.63, 3.8) is 0 Å². The Morgan fingerprint density at radius 1 is 1.42 bits per heavy atom. The number of hydrogen-bond donors (Lipinski definition) is 2. The van der Waals surface area contributed by atoms with Crippen LogP contribution >= 0.6 is 0 Å². The van der Waals surface area contributed by atoms with E-state index in [2.05, 4.69) is 15.1 Å². The summed E-state index contributed by atoms with van der Waals surface area (Å²) in [6.07, 6.45) is -0.355. The van der Waals surface area contributed by atoms with Crippen molar-refractivity contribution in [1.82, 2.24) is 10.2 Å². The summed E-state index contributed by atoms with van der Waals surface area (Å²) in [5, 5.41) is 15.2. The van der Waals surface area contributed by atoms with Crippen LogP contribution in [0.25, 0.3) is 22.2 Å². The number of rotatable bonds is 2. The van der Waals surface area contributed by atoms with E-state index < -0.39 is 11.5 Å². The molecular weight excluding hydrogens is 252 g/mol. The summed E-state index contributed by atoms with van der Waals surface area (Å²) < 4.78 is 5.51. The van der Waals surface area contributed by atoms with Crippen molar-refractivity contribution < 1.29 is 19.4 Å². The first-order valence-corrected chi connectivity index (χ1v) is 5.43. The lowest BCUT2D eigenvalue weighted by Crippen LogP contribution is -2.10. The molecule has 7 nitrogen and oxygen atoms in total. The monoisotopic (exact) mass is 260 g/mol. The fourth-order valence-electron chi connectivity index (χ4n) is 2.00. The number of aromatic amines is 1. The Bertz CT molecular complexity index is 788. The van der Waals surface area contributed by atoms with E-state index in [-0.39, 0.29) is 17.7 Å². The van der Waals surface area contributed by atoms with Gasteiger partial charge in [-0.2, -0.15) is 10.4 Å². The molecule has 0 atom stereocenters. The maximum absolute atomic E-state index is 11.7. The highest BCUT2D eigenvalue weighted by Crippen LogP contribution is 2.30. The van der Waals surface area contributed by atoms with E-state index in [0.717, 1.165) is 0 Å². The smallest absolute Gasteiger partial charge is 0.349 e. The van der Waals surface area contributed by atoms with Crippen LogP contribution in [0.2, 0.25) is 0 Å². The number of fused-ring (bicyclic) bond motifs is 3. The molecule has 2 aliphatic heterocycles. The van der Waals surface area contributed by atoms with E-state index in [1.165, 1.54) is 0 Å². The van der Waals surface area contributed by atoms with Gasteiger partial charge in [-0.1, -0.05) is 12.1 Å². The summed E-state index contributed by atoms with van der Waals surface area (Å²) >= 11 is 0. The topological polar surface area (TPSA) is 105 Å². The Morgan fingerprint density at radius 2 is 2.21 bits per heavy atom. The number of nitrogens with zero attached hydrogens (tertiary/aromatic N) is 1. The average Bonchev–Trinajstić information content (AvgIpc) is 2.81. The summed E-state index contributed by atoms with van der Waals surface area (Å²) in [7, 11) is 0. The molecule has 2 heterocycles. The van der Waals surface area contributed by atoms with Crippen molar-refractivity contribution in [3.05, 3.63) is 40.4 Å². The highest BCUT2D eigenvalue weighted by atomic mass is 17.1. The van der Waals surface area contributed by atoms with Crippen LogP contribution in [-0.2, 0) is 16.1 Å². The largest absolute Gasteiger partial charge is 0.459 e. The SMILES string of the molecule is O=C(Cc1oc2ccccc2c2n[nH]c(=O)c1-2)OO. The molecular formula is C12H8N2O5. The first-order chi connectivity index (χ1) is 9.20. The zero-order valence-electron chi connectivity index (χ0n) is 9.54. The average molecular weight is 260 g/mol. The lowest BCUT2D eigenvalue weighted by molar-refractivity contribution is -0.233. The van der Waals surface area contributed by atoms with Gasteiger partial charge in [0.25, 0.3) is 5.56 Å². The molecule has 0 amide bonds. The highest BCUT2D eigenvalue weighted by Gasteiger charge is 2.23. The maximum Gasteiger partial charge on any atom is 0.349 e. The Hall–Kier alpha value is -2.67. The molecule has 96 valence electrons. The number of aromatic nitrogens is 2. The Kier molecular flexibility index (Phi) is 2.53. The number of benzene rings is 1. The first-order valence-electron chi connectivity index (χ1n) is 5.43. The van der Waals surface area contributed by atoms with Gasteiger partial charge in [0.2, 0.25) is 0 Å². The molecule has 3 rings (SSSR count). The molecule has 1 aromatic rings. The Balaban J connectivity index is 2.32. The lowest BCUT2D eigenvalue weighted by Gasteiger charge is -2.07. The second-order valence-electron chi connectivity index (χ2n) is 3.94. The van der Waals surface area contributed by atoms with Gasteiger partial charge < -0.3 is 9.30 Å². The molecule has 1 aromatic carbocycles. The van der Waals surface area contributed by atoms with Gasteiger partial charge in [-0.3, -0.25) is 4.79 Å². The highest BCUT2D eigenvalue weighted by molar-refractivity contribution is 5.93. The van der Waals surface area contributed by atoms with Gasteiger partial charge in [0.1, 0.15) is 29.0 Å². The minimum Gasteiger partial charge on any atom is -0.459 e.